The van der Waals surface area contributed by atoms with Crippen LogP contribution >= 0.6 is 0 Å². The minimum atomic E-state index is -0.682. The fourth-order valence-electron chi connectivity index (χ4n) is 2.65. The lowest BCUT2D eigenvalue weighted by molar-refractivity contribution is -0.144. The average molecular weight is 258 g/mol. The Morgan fingerprint density at radius 3 is 3.00 bits per heavy atom. The van der Waals surface area contributed by atoms with Crippen molar-refractivity contribution in [3.63, 3.8) is 0 Å². The molecule has 0 aliphatic carbocycles. The number of nitrogens with zero attached hydrogens (tertiary/aromatic N) is 2. The Labute approximate surface area is 113 Å². The molecule has 1 fully saturated rings. The molecule has 1 aliphatic rings. The van der Waals surface area contributed by atoms with E-state index >= 15 is 0 Å². The Balaban J connectivity index is 2.00. The second-order valence-electron chi connectivity index (χ2n) is 5.19. The van der Waals surface area contributed by atoms with Gasteiger partial charge in [-0.05, 0) is 44.0 Å². The third kappa shape index (κ3) is 3.33. The first-order valence-electron chi connectivity index (χ1n) is 6.56. The van der Waals surface area contributed by atoms with Crippen molar-refractivity contribution in [3.8, 4) is 6.07 Å². The number of benzene rings is 1. The number of carbonyl (C=O) groups is 1. The van der Waals surface area contributed by atoms with Crippen molar-refractivity contribution >= 4 is 5.97 Å². The molecule has 2 unspecified atom stereocenters. The normalized spacial score (nSPS) is 23.8. The number of rotatable bonds is 3. The maximum atomic E-state index is 11.0. The number of carboxylic acid groups (broad SMARTS) is 1. The zero-order valence-corrected chi connectivity index (χ0v) is 11.0. The van der Waals surface area contributed by atoms with Gasteiger partial charge in [0.05, 0.1) is 17.6 Å². The summed E-state index contributed by atoms with van der Waals surface area (Å²) < 4.78 is 0. The number of carboxylic acids is 1. The topological polar surface area (TPSA) is 64.3 Å². The van der Waals surface area contributed by atoms with E-state index < -0.39 is 5.97 Å². The highest BCUT2D eigenvalue weighted by Crippen LogP contribution is 2.24. The van der Waals surface area contributed by atoms with Gasteiger partial charge in [0.2, 0.25) is 0 Å². The van der Waals surface area contributed by atoms with Crippen molar-refractivity contribution in [3.05, 3.63) is 35.4 Å². The van der Waals surface area contributed by atoms with Gasteiger partial charge >= 0.3 is 5.97 Å². The van der Waals surface area contributed by atoms with Gasteiger partial charge in [-0.2, -0.15) is 5.26 Å². The largest absolute Gasteiger partial charge is 0.481 e. The minimum absolute atomic E-state index is 0.211. The number of hydrogen-bond donors (Lipinski definition) is 1. The lowest BCUT2D eigenvalue weighted by atomic mass is 9.91. The molecule has 0 bridgehead atoms. The maximum absolute atomic E-state index is 11.0. The van der Waals surface area contributed by atoms with Crippen molar-refractivity contribution in [1.29, 1.82) is 5.26 Å². The molecule has 1 saturated heterocycles. The Bertz CT molecular complexity index is 507. The predicted octanol–water partition coefficient (Wildman–Crippen LogP) is 2.24. The summed E-state index contributed by atoms with van der Waals surface area (Å²) >= 11 is 0. The summed E-state index contributed by atoms with van der Waals surface area (Å²) in [5.74, 6) is -0.894. The second-order valence-corrected chi connectivity index (χ2v) is 5.19. The number of likely N-dealkylation sites (tertiary alicyclic amines) is 1. The van der Waals surface area contributed by atoms with E-state index in [0.717, 1.165) is 18.7 Å². The molecule has 2 atom stereocenters. The number of aliphatic carboxylic acids is 1. The fraction of sp³-hybridized carbons (Fsp3) is 0.467. The van der Waals surface area contributed by atoms with E-state index in [9.17, 15) is 4.79 Å². The smallest absolute Gasteiger partial charge is 0.306 e. The van der Waals surface area contributed by atoms with Crippen molar-refractivity contribution in [2.24, 2.45) is 5.92 Å². The molecule has 1 aliphatic heterocycles. The molecule has 0 saturated carbocycles. The van der Waals surface area contributed by atoms with Crippen molar-refractivity contribution < 1.29 is 9.90 Å². The molecule has 4 nitrogen and oxygen atoms in total. The van der Waals surface area contributed by atoms with Crippen LogP contribution in [0.3, 0.4) is 0 Å². The average Bonchev–Trinajstić information content (AvgIpc) is 2.41. The van der Waals surface area contributed by atoms with Gasteiger partial charge in [-0.15, -0.1) is 0 Å². The van der Waals surface area contributed by atoms with E-state index in [1.165, 1.54) is 0 Å². The molecule has 0 spiro atoms. The molecule has 2 rings (SSSR count). The highest BCUT2D eigenvalue weighted by molar-refractivity contribution is 5.70. The van der Waals surface area contributed by atoms with E-state index in [1.807, 2.05) is 18.2 Å². The molecule has 1 N–H and O–H groups in total. The minimum Gasteiger partial charge on any atom is -0.481 e. The molecule has 1 aromatic carbocycles. The van der Waals surface area contributed by atoms with Gasteiger partial charge in [-0.3, -0.25) is 9.69 Å². The molecule has 100 valence electrons. The van der Waals surface area contributed by atoms with Gasteiger partial charge in [0, 0.05) is 12.6 Å². The summed E-state index contributed by atoms with van der Waals surface area (Å²) in [5, 5.41) is 17.9. The Morgan fingerprint density at radius 2 is 2.37 bits per heavy atom. The van der Waals surface area contributed by atoms with Crippen LogP contribution in [0.25, 0.3) is 0 Å². The van der Waals surface area contributed by atoms with Gasteiger partial charge in [0.1, 0.15) is 0 Å². The number of nitriles is 1. The second kappa shape index (κ2) is 5.85. The quantitative estimate of drug-likeness (QED) is 0.903. The third-order valence-corrected chi connectivity index (χ3v) is 3.80. The summed E-state index contributed by atoms with van der Waals surface area (Å²) in [6.45, 7) is 3.65. The molecular weight excluding hydrogens is 240 g/mol. The fourth-order valence-corrected chi connectivity index (χ4v) is 2.65. The lowest BCUT2D eigenvalue weighted by Gasteiger charge is -2.36. The molecule has 0 amide bonds. The zero-order chi connectivity index (χ0) is 13.8. The van der Waals surface area contributed by atoms with Gasteiger partial charge in [0.25, 0.3) is 0 Å². The van der Waals surface area contributed by atoms with Crippen molar-refractivity contribution in [1.82, 2.24) is 4.90 Å². The zero-order valence-electron chi connectivity index (χ0n) is 11.0. The molecule has 1 aromatic rings. The van der Waals surface area contributed by atoms with E-state index in [-0.39, 0.29) is 12.0 Å². The van der Waals surface area contributed by atoms with Crippen molar-refractivity contribution in [2.45, 2.75) is 32.4 Å². The highest BCUT2D eigenvalue weighted by Gasteiger charge is 2.29. The van der Waals surface area contributed by atoms with Gasteiger partial charge in [-0.25, -0.2) is 0 Å². The standard InChI is InChI=1S/C15H18N2O2/c1-11-7-14(15(18)19)5-6-17(11)10-13-4-2-3-12(8-13)9-16/h2-4,8,11,14H,5-7,10H2,1H3,(H,18,19). The van der Waals surface area contributed by atoms with Crippen LogP contribution in [0.5, 0.6) is 0 Å². The van der Waals surface area contributed by atoms with Crippen LogP contribution in [0.1, 0.15) is 30.9 Å². The van der Waals surface area contributed by atoms with Gasteiger partial charge in [0.15, 0.2) is 0 Å². The van der Waals surface area contributed by atoms with E-state index in [1.54, 1.807) is 6.07 Å². The molecule has 1 heterocycles. The van der Waals surface area contributed by atoms with Gasteiger partial charge in [-0.1, -0.05) is 12.1 Å². The van der Waals surface area contributed by atoms with Crippen LogP contribution in [-0.4, -0.2) is 28.6 Å². The Hall–Kier alpha value is -1.86. The molecule has 19 heavy (non-hydrogen) atoms. The molecule has 0 aromatic heterocycles. The first-order valence-corrected chi connectivity index (χ1v) is 6.56. The molecular formula is C15H18N2O2. The van der Waals surface area contributed by atoms with E-state index in [0.29, 0.717) is 18.4 Å². The van der Waals surface area contributed by atoms with Crippen LogP contribution in [0.15, 0.2) is 24.3 Å². The van der Waals surface area contributed by atoms with Crippen LogP contribution in [-0.2, 0) is 11.3 Å². The predicted molar refractivity (Wildman–Crippen MR) is 71.4 cm³/mol. The lowest BCUT2D eigenvalue weighted by Crippen LogP contribution is -2.42. The van der Waals surface area contributed by atoms with E-state index in [2.05, 4.69) is 17.9 Å². The van der Waals surface area contributed by atoms with Gasteiger partial charge < -0.3 is 5.11 Å². The summed E-state index contributed by atoms with van der Waals surface area (Å²) in [5.41, 5.74) is 1.78. The van der Waals surface area contributed by atoms with Crippen LogP contribution < -0.4 is 0 Å². The summed E-state index contributed by atoms with van der Waals surface area (Å²) in [6.07, 6.45) is 1.41. The summed E-state index contributed by atoms with van der Waals surface area (Å²) in [7, 11) is 0. The van der Waals surface area contributed by atoms with Crippen LogP contribution in [0.4, 0.5) is 0 Å². The Kier molecular flexibility index (Phi) is 4.18. The number of hydrogen-bond acceptors (Lipinski definition) is 3. The third-order valence-electron chi connectivity index (χ3n) is 3.80. The van der Waals surface area contributed by atoms with E-state index in [4.69, 9.17) is 10.4 Å². The molecule has 4 heteroatoms. The number of piperidine rings is 1. The monoisotopic (exact) mass is 258 g/mol. The highest BCUT2D eigenvalue weighted by atomic mass is 16.4. The first kappa shape index (κ1) is 13.6. The SMILES string of the molecule is CC1CC(C(=O)O)CCN1Cc1cccc(C#N)c1. The summed E-state index contributed by atoms with van der Waals surface area (Å²) in [4.78, 5) is 13.3. The van der Waals surface area contributed by atoms with Crippen molar-refractivity contribution in [2.75, 3.05) is 6.54 Å². The van der Waals surface area contributed by atoms with Crippen LogP contribution in [0.2, 0.25) is 0 Å². The summed E-state index contributed by atoms with van der Waals surface area (Å²) in [6, 6.07) is 10.0. The first-order chi connectivity index (χ1) is 9.10. The molecule has 0 radical (unpaired) electrons. The van der Waals surface area contributed by atoms with Crippen LogP contribution in [0, 0.1) is 17.2 Å². The maximum Gasteiger partial charge on any atom is 0.306 e. The Morgan fingerprint density at radius 1 is 1.58 bits per heavy atom.